The Morgan fingerprint density at radius 3 is 1.83 bits per heavy atom. The monoisotopic (exact) mass is 260 g/mol. The topological polar surface area (TPSA) is 74.6 Å². The molecule has 0 amide bonds. The average Bonchev–Trinajstić information content (AvgIpc) is 2.22. The highest BCUT2D eigenvalue weighted by molar-refractivity contribution is 5.70. The number of carboxylic acids is 2. The fourth-order valence-corrected chi connectivity index (χ4v) is 1.56. The normalized spacial score (nSPS) is 11.6. The van der Waals surface area contributed by atoms with E-state index in [1.165, 1.54) is 6.42 Å². The van der Waals surface area contributed by atoms with Crippen molar-refractivity contribution in [2.75, 3.05) is 0 Å². The van der Waals surface area contributed by atoms with E-state index < -0.39 is 11.9 Å². The van der Waals surface area contributed by atoms with Gasteiger partial charge in [-0.2, -0.15) is 0 Å². The molecule has 0 aliphatic rings. The van der Waals surface area contributed by atoms with Crippen LogP contribution in [0, 0.1) is 11.8 Å². The number of hydrogen-bond donors (Lipinski definition) is 2. The standard InChI is InChI=1S/C11H20O4.C3H8/c1-8(2)9(11(14)15)6-4-3-5-7-10(12)13;1-3-2/h8-9H,3-7H2,1-2H3,(H,12,13)(H,14,15);3H2,1-2H3. The molecule has 2 N–H and O–H groups in total. The molecule has 1 atom stereocenters. The van der Waals surface area contributed by atoms with Crippen molar-refractivity contribution < 1.29 is 19.8 Å². The molecule has 0 radical (unpaired) electrons. The number of aliphatic carboxylic acids is 2. The third-order valence-corrected chi connectivity index (χ3v) is 2.53. The molecule has 0 aromatic heterocycles. The Bertz CT molecular complexity index is 224. The quantitative estimate of drug-likeness (QED) is 0.651. The smallest absolute Gasteiger partial charge is 0.306 e. The van der Waals surface area contributed by atoms with Crippen molar-refractivity contribution >= 4 is 11.9 Å². The molecule has 4 nitrogen and oxygen atoms in total. The molecule has 0 aromatic rings. The van der Waals surface area contributed by atoms with Crippen LogP contribution >= 0.6 is 0 Å². The van der Waals surface area contributed by atoms with Crippen molar-refractivity contribution in [1.29, 1.82) is 0 Å². The van der Waals surface area contributed by atoms with Crippen molar-refractivity contribution in [3.8, 4) is 0 Å². The first-order valence-corrected chi connectivity index (χ1v) is 6.81. The zero-order valence-corrected chi connectivity index (χ0v) is 12.1. The molecular weight excluding hydrogens is 232 g/mol. The predicted octanol–water partition coefficient (Wildman–Crippen LogP) is 3.79. The van der Waals surface area contributed by atoms with Gasteiger partial charge in [-0.1, -0.05) is 47.0 Å². The molecule has 0 aromatic carbocycles. The highest BCUT2D eigenvalue weighted by atomic mass is 16.4. The van der Waals surface area contributed by atoms with E-state index >= 15 is 0 Å². The van der Waals surface area contributed by atoms with E-state index in [4.69, 9.17) is 10.2 Å². The molecule has 18 heavy (non-hydrogen) atoms. The molecule has 0 rings (SSSR count). The molecule has 4 heteroatoms. The largest absolute Gasteiger partial charge is 0.481 e. The van der Waals surface area contributed by atoms with Gasteiger partial charge >= 0.3 is 11.9 Å². The Balaban J connectivity index is 0. The zero-order chi connectivity index (χ0) is 14.6. The first-order chi connectivity index (χ1) is 8.36. The van der Waals surface area contributed by atoms with Crippen LogP contribution in [-0.2, 0) is 9.59 Å². The minimum atomic E-state index is -0.784. The molecule has 0 aliphatic carbocycles. The van der Waals surface area contributed by atoms with Gasteiger partial charge in [0.2, 0.25) is 0 Å². The Morgan fingerprint density at radius 1 is 1.00 bits per heavy atom. The molecular formula is C14H28O4. The van der Waals surface area contributed by atoms with Gasteiger partial charge in [-0.15, -0.1) is 0 Å². The maximum atomic E-state index is 10.8. The van der Waals surface area contributed by atoms with Gasteiger partial charge in [0.05, 0.1) is 5.92 Å². The highest BCUT2D eigenvalue weighted by Gasteiger charge is 2.20. The number of hydrogen-bond acceptors (Lipinski definition) is 2. The first kappa shape index (κ1) is 19.3. The zero-order valence-electron chi connectivity index (χ0n) is 12.1. The Labute approximate surface area is 110 Å². The summed E-state index contributed by atoms with van der Waals surface area (Å²) in [7, 11) is 0. The summed E-state index contributed by atoms with van der Waals surface area (Å²) < 4.78 is 0. The second kappa shape index (κ2) is 12.4. The molecule has 0 saturated heterocycles. The van der Waals surface area contributed by atoms with Crippen molar-refractivity contribution in [3.63, 3.8) is 0 Å². The minimum Gasteiger partial charge on any atom is -0.481 e. The Hall–Kier alpha value is -1.06. The highest BCUT2D eigenvalue weighted by Crippen LogP contribution is 2.19. The second-order valence-electron chi connectivity index (χ2n) is 4.89. The predicted molar refractivity (Wildman–Crippen MR) is 72.6 cm³/mol. The summed E-state index contributed by atoms with van der Waals surface area (Å²) in [6.45, 7) is 8.05. The van der Waals surface area contributed by atoms with Gasteiger partial charge in [0.25, 0.3) is 0 Å². The minimum absolute atomic E-state index is 0.141. The van der Waals surface area contributed by atoms with Gasteiger partial charge in [-0.25, -0.2) is 0 Å². The van der Waals surface area contributed by atoms with Crippen LogP contribution in [0.25, 0.3) is 0 Å². The fraction of sp³-hybridized carbons (Fsp3) is 0.857. The van der Waals surface area contributed by atoms with Crippen LogP contribution in [0.1, 0.15) is 66.2 Å². The van der Waals surface area contributed by atoms with E-state index in [9.17, 15) is 9.59 Å². The van der Waals surface area contributed by atoms with E-state index in [2.05, 4.69) is 13.8 Å². The van der Waals surface area contributed by atoms with E-state index in [0.29, 0.717) is 12.8 Å². The van der Waals surface area contributed by atoms with E-state index in [0.717, 1.165) is 12.8 Å². The summed E-state index contributed by atoms with van der Waals surface area (Å²) in [6.07, 6.45) is 4.30. The number of carbonyl (C=O) groups is 2. The summed E-state index contributed by atoms with van der Waals surface area (Å²) in [4.78, 5) is 21.0. The Kier molecular flexibility index (Phi) is 13.3. The van der Waals surface area contributed by atoms with Crippen molar-refractivity contribution in [1.82, 2.24) is 0 Å². The van der Waals surface area contributed by atoms with Crippen LogP contribution in [0.3, 0.4) is 0 Å². The van der Waals surface area contributed by atoms with Gasteiger partial charge in [0.1, 0.15) is 0 Å². The molecule has 0 bridgehead atoms. The summed E-state index contributed by atoms with van der Waals surface area (Å²) in [6, 6.07) is 0. The number of rotatable bonds is 8. The van der Waals surface area contributed by atoms with Gasteiger partial charge in [0, 0.05) is 6.42 Å². The third-order valence-electron chi connectivity index (χ3n) is 2.53. The maximum absolute atomic E-state index is 10.8. The lowest BCUT2D eigenvalue weighted by atomic mass is 9.90. The lowest BCUT2D eigenvalue weighted by Crippen LogP contribution is -2.19. The van der Waals surface area contributed by atoms with Crippen LogP contribution in [-0.4, -0.2) is 22.2 Å². The van der Waals surface area contributed by atoms with Crippen molar-refractivity contribution in [3.05, 3.63) is 0 Å². The SMILES string of the molecule is CC(C)C(CCCCCC(=O)O)C(=O)O.CCC. The summed E-state index contributed by atoms with van der Waals surface area (Å²) in [5.41, 5.74) is 0. The van der Waals surface area contributed by atoms with Gasteiger partial charge < -0.3 is 10.2 Å². The van der Waals surface area contributed by atoms with Crippen molar-refractivity contribution in [2.24, 2.45) is 11.8 Å². The molecule has 108 valence electrons. The third kappa shape index (κ3) is 13.0. The molecule has 0 saturated carbocycles. The van der Waals surface area contributed by atoms with Gasteiger partial charge in [-0.3, -0.25) is 9.59 Å². The van der Waals surface area contributed by atoms with E-state index in [1.807, 2.05) is 13.8 Å². The van der Waals surface area contributed by atoms with Crippen LogP contribution in [0.5, 0.6) is 0 Å². The molecule has 0 fully saturated rings. The van der Waals surface area contributed by atoms with Gasteiger partial charge in [0.15, 0.2) is 0 Å². The van der Waals surface area contributed by atoms with Crippen LogP contribution in [0.15, 0.2) is 0 Å². The van der Waals surface area contributed by atoms with Crippen LogP contribution in [0.2, 0.25) is 0 Å². The lowest BCUT2D eigenvalue weighted by Gasteiger charge is -2.15. The van der Waals surface area contributed by atoms with Crippen molar-refractivity contribution in [2.45, 2.75) is 66.2 Å². The van der Waals surface area contributed by atoms with Gasteiger partial charge in [-0.05, 0) is 18.8 Å². The lowest BCUT2D eigenvalue weighted by molar-refractivity contribution is -0.143. The maximum Gasteiger partial charge on any atom is 0.306 e. The van der Waals surface area contributed by atoms with Crippen LogP contribution < -0.4 is 0 Å². The number of unbranched alkanes of at least 4 members (excludes halogenated alkanes) is 2. The average molecular weight is 260 g/mol. The molecule has 0 aliphatic heterocycles. The molecule has 1 unspecified atom stereocenters. The summed E-state index contributed by atoms with van der Waals surface area (Å²) in [5.74, 6) is -1.69. The number of carboxylic acid groups (broad SMARTS) is 2. The Morgan fingerprint density at radius 2 is 1.50 bits per heavy atom. The first-order valence-electron chi connectivity index (χ1n) is 6.81. The van der Waals surface area contributed by atoms with E-state index in [1.54, 1.807) is 0 Å². The summed E-state index contributed by atoms with van der Waals surface area (Å²) in [5, 5.41) is 17.3. The molecule has 0 heterocycles. The fourth-order valence-electron chi connectivity index (χ4n) is 1.56. The molecule has 0 spiro atoms. The summed E-state index contributed by atoms with van der Waals surface area (Å²) >= 11 is 0. The van der Waals surface area contributed by atoms with Crippen LogP contribution in [0.4, 0.5) is 0 Å². The second-order valence-corrected chi connectivity index (χ2v) is 4.89. The van der Waals surface area contributed by atoms with E-state index in [-0.39, 0.29) is 18.3 Å².